The van der Waals surface area contributed by atoms with Crippen molar-refractivity contribution in [3.05, 3.63) is 34.9 Å². The second-order valence-electron chi connectivity index (χ2n) is 19.4. The second-order valence-corrected chi connectivity index (χ2v) is 19.4. The Kier molecular flexibility index (Phi) is 15.4. The molecule has 2 nitrogen and oxygen atoms in total. The van der Waals surface area contributed by atoms with Crippen molar-refractivity contribution in [3.8, 4) is 0 Å². The van der Waals surface area contributed by atoms with Crippen LogP contribution in [0.2, 0.25) is 0 Å². The average molecular weight is 691 g/mol. The molecule has 286 valence electrons. The van der Waals surface area contributed by atoms with Gasteiger partial charge in [-0.1, -0.05) is 135 Å². The molecule has 0 saturated heterocycles. The summed E-state index contributed by atoms with van der Waals surface area (Å²) in [4.78, 5) is 13.1. The summed E-state index contributed by atoms with van der Waals surface area (Å²) in [6.07, 6.45) is 37.3. The normalized spacial score (nSPS) is 32.4. The zero-order valence-electron chi connectivity index (χ0n) is 34.8. The van der Waals surface area contributed by atoms with Crippen molar-refractivity contribution in [1.29, 1.82) is 0 Å². The van der Waals surface area contributed by atoms with Crippen LogP contribution in [-0.2, 0) is 9.53 Å². The smallest absolute Gasteiger partial charge is 0.306 e. The number of esters is 1. The summed E-state index contributed by atoms with van der Waals surface area (Å²) in [7, 11) is 0. The molecule has 2 heteroatoms. The van der Waals surface area contributed by atoms with E-state index in [1.165, 1.54) is 134 Å². The van der Waals surface area contributed by atoms with E-state index >= 15 is 0 Å². The number of hydrogen-bond acceptors (Lipinski definition) is 2. The van der Waals surface area contributed by atoms with Crippen molar-refractivity contribution < 1.29 is 9.53 Å². The molecule has 0 aliphatic heterocycles. The van der Waals surface area contributed by atoms with Crippen molar-refractivity contribution in [2.45, 2.75) is 223 Å². The van der Waals surface area contributed by atoms with Crippen LogP contribution in [0.4, 0.5) is 0 Å². The Morgan fingerprint density at radius 1 is 0.760 bits per heavy atom. The van der Waals surface area contributed by atoms with Crippen molar-refractivity contribution in [3.63, 3.8) is 0 Å². The van der Waals surface area contributed by atoms with E-state index < -0.39 is 0 Å². The van der Waals surface area contributed by atoms with E-state index in [2.05, 4.69) is 80.5 Å². The van der Waals surface area contributed by atoms with Crippen LogP contribution in [0.1, 0.15) is 216 Å². The minimum Gasteiger partial charge on any atom is -0.462 e. The van der Waals surface area contributed by atoms with Gasteiger partial charge in [0.15, 0.2) is 0 Å². The molecule has 4 aliphatic rings. The fraction of sp³-hybridized carbons (Fsp3) is 0.854. The molecule has 4 rings (SSSR count). The molecule has 0 unspecified atom stereocenters. The van der Waals surface area contributed by atoms with Gasteiger partial charge in [-0.2, -0.15) is 0 Å². The SMILES string of the molecule is CCCCCCCC/C=C\CCCCCCCC(=O)O[C@H]1CC[C@]2(C)C3=C(CC[C@H]2C1(C)C)[C@]1(C)CC[C@H]([C@H](C)CCC=C(C)C)[C@@]1(C)CC3. The predicted octanol–water partition coefficient (Wildman–Crippen LogP) is 15.1. The number of allylic oxidation sites excluding steroid dienone is 6. The van der Waals surface area contributed by atoms with E-state index in [9.17, 15) is 4.79 Å². The fourth-order valence-electron chi connectivity index (χ4n) is 12.2. The third kappa shape index (κ3) is 9.43. The molecule has 0 amide bonds. The zero-order valence-corrected chi connectivity index (χ0v) is 34.8. The monoisotopic (exact) mass is 691 g/mol. The molecule has 0 bridgehead atoms. The molecule has 7 atom stereocenters. The van der Waals surface area contributed by atoms with Crippen LogP contribution in [0, 0.1) is 39.4 Å². The molecule has 0 spiro atoms. The molecule has 0 aromatic carbocycles. The summed E-state index contributed by atoms with van der Waals surface area (Å²) >= 11 is 0. The molecule has 0 aromatic heterocycles. The third-order valence-electron chi connectivity index (χ3n) is 15.5. The first-order valence-electron chi connectivity index (χ1n) is 22.0. The van der Waals surface area contributed by atoms with Gasteiger partial charge in [-0.15, -0.1) is 0 Å². The Bertz CT molecular complexity index is 1170. The zero-order chi connectivity index (χ0) is 36.4. The molecule has 50 heavy (non-hydrogen) atoms. The average Bonchev–Trinajstić information content (AvgIpc) is 3.35. The first kappa shape index (κ1) is 41.4. The van der Waals surface area contributed by atoms with Crippen LogP contribution in [0.15, 0.2) is 34.9 Å². The van der Waals surface area contributed by atoms with Gasteiger partial charge >= 0.3 is 5.97 Å². The van der Waals surface area contributed by atoms with Crippen molar-refractivity contribution in [2.24, 2.45) is 39.4 Å². The lowest BCUT2D eigenvalue weighted by Gasteiger charge is -2.62. The highest BCUT2D eigenvalue weighted by molar-refractivity contribution is 5.69. The molecule has 2 fully saturated rings. The van der Waals surface area contributed by atoms with Gasteiger partial charge in [0.1, 0.15) is 6.10 Å². The number of unbranched alkanes of at least 4 members (excludes halogenated alkanes) is 11. The quantitative estimate of drug-likeness (QED) is 0.0722. The van der Waals surface area contributed by atoms with E-state index in [-0.39, 0.29) is 22.9 Å². The van der Waals surface area contributed by atoms with Gasteiger partial charge in [-0.25, -0.2) is 0 Å². The molecular formula is C48H82O2. The second kappa shape index (κ2) is 18.6. The first-order chi connectivity index (χ1) is 23.8. The number of ether oxygens (including phenoxy) is 1. The van der Waals surface area contributed by atoms with Crippen molar-refractivity contribution in [2.75, 3.05) is 0 Å². The predicted molar refractivity (Wildman–Crippen MR) is 216 cm³/mol. The maximum atomic E-state index is 13.1. The minimum atomic E-state index is 0.0169. The Morgan fingerprint density at radius 2 is 1.40 bits per heavy atom. The summed E-state index contributed by atoms with van der Waals surface area (Å²) in [6, 6.07) is 0. The highest BCUT2D eigenvalue weighted by Crippen LogP contribution is 2.72. The molecule has 0 aromatic rings. The summed E-state index contributed by atoms with van der Waals surface area (Å²) < 4.78 is 6.38. The number of carbonyl (C=O) groups excluding carboxylic acids is 1. The van der Waals surface area contributed by atoms with E-state index in [1.54, 1.807) is 0 Å². The number of fused-ring (bicyclic) bond motifs is 4. The van der Waals surface area contributed by atoms with Gasteiger partial charge in [-0.3, -0.25) is 4.79 Å². The van der Waals surface area contributed by atoms with Crippen LogP contribution in [-0.4, -0.2) is 12.1 Å². The van der Waals surface area contributed by atoms with Crippen LogP contribution < -0.4 is 0 Å². The van der Waals surface area contributed by atoms with Gasteiger partial charge < -0.3 is 4.74 Å². The third-order valence-corrected chi connectivity index (χ3v) is 15.5. The van der Waals surface area contributed by atoms with Crippen LogP contribution in [0.5, 0.6) is 0 Å². The number of carbonyl (C=O) groups is 1. The maximum Gasteiger partial charge on any atom is 0.306 e. The van der Waals surface area contributed by atoms with Crippen molar-refractivity contribution in [1.82, 2.24) is 0 Å². The Hall–Kier alpha value is -1.31. The lowest BCUT2D eigenvalue weighted by molar-refractivity contribution is -0.170. The largest absolute Gasteiger partial charge is 0.462 e. The molecule has 0 N–H and O–H groups in total. The van der Waals surface area contributed by atoms with Gasteiger partial charge in [-0.05, 0) is 144 Å². The fourth-order valence-corrected chi connectivity index (χ4v) is 12.2. The van der Waals surface area contributed by atoms with E-state index in [1.807, 2.05) is 11.1 Å². The molecule has 4 aliphatic carbocycles. The lowest BCUT2D eigenvalue weighted by Crippen LogP contribution is -2.55. The highest BCUT2D eigenvalue weighted by atomic mass is 16.5. The summed E-state index contributed by atoms with van der Waals surface area (Å²) in [5.74, 6) is 2.28. The molecule has 2 saturated carbocycles. The minimum absolute atomic E-state index is 0.0169. The summed E-state index contributed by atoms with van der Waals surface area (Å²) in [5.41, 5.74) is 6.22. The topological polar surface area (TPSA) is 26.3 Å². The Morgan fingerprint density at radius 3 is 2.06 bits per heavy atom. The summed E-state index contributed by atoms with van der Waals surface area (Å²) in [6.45, 7) is 22.2. The maximum absolute atomic E-state index is 13.1. The number of rotatable bonds is 20. The van der Waals surface area contributed by atoms with E-state index in [0.717, 1.165) is 31.1 Å². The first-order valence-corrected chi connectivity index (χ1v) is 22.0. The van der Waals surface area contributed by atoms with Gasteiger partial charge in [0.2, 0.25) is 0 Å². The standard InChI is InChI=1S/C48H82O2/c1-10-11-12-13-14-15-16-17-18-19-20-21-22-23-24-28-44(49)50-43-33-34-46(7)40-32-36-47(8)39(38(4)27-25-26-37(2)3)31-35-48(47,9)41(40)29-30-42(46)45(43,5)6/h17-18,26,38-39,42-43H,10-16,19-25,27-36H2,1-9H3/b18-17-/t38-,39-,42+,43+,46-,47-,48+/m1/s1. The highest BCUT2D eigenvalue weighted by Gasteiger charge is 2.63. The van der Waals surface area contributed by atoms with Crippen LogP contribution in [0.3, 0.4) is 0 Å². The van der Waals surface area contributed by atoms with Crippen LogP contribution in [0.25, 0.3) is 0 Å². The van der Waals surface area contributed by atoms with Gasteiger partial charge in [0.25, 0.3) is 0 Å². The number of hydrogen-bond donors (Lipinski definition) is 0. The Labute approximate surface area is 311 Å². The van der Waals surface area contributed by atoms with Crippen molar-refractivity contribution >= 4 is 5.97 Å². The van der Waals surface area contributed by atoms with Gasteiger partial charge in [0.05, 0.1) is 0 Å². The molecular weight excluding hydrogens is 609 g/mol. The molecule has 0 heterocycles. The summed E-state index contributed by atoms with van der Waals surface area (Å²) in [5, 5.41) is 0. The van der Waals surface area contributed by atoms with Crippen LogP contribution >= 0.6 is 0 Å². The lowest BCUT2D eigenvalue weighted by atomic mass is 9.43. The Balaban J connectivity index is 1.22. The van der Waals surface area contributed by atoms with E-state index in [0.29, 0.717) is 23.2 Å². The van der Waals surface area contributed by atoms with Gasteiger partial charge in [0, 0.05) is 11.8 Å². The van der Waals surface area contributed by atoms with E-state index in [4.69, 9.17) is 4.74 Å². The molecule has 0 radical (unpaired) electrons.